The third kappa shape index (κ3) is 2.54. The molecule has 2 N–H and O–H groups in total. The van der Waals surface area contributed by atoms with E-state index in [4.69, 9.17) is 0 Å². The van der Waals surface area contributed by atoms with Gasteiger partial charge in [0.25, 0.3) is 0 Å². The van der Waals surface area contributed by atoms with Gasteiger partial charge in [0.1, 0.15) is 5.82 Å². The minimum absolute atomic E-state index is 0.146. The maximum absolute atomic E-state index is 13.5. The van der Waals surface area contributed by atoms with E-state index in [0.717, 1.165) is 24.3 Å². The molecule has 1 heterocycles. The van der Waals surface area contributed by atoms with Crippen LogP contribution in [-0.2, 0) is 0 Å². The summed E-state index contributed by atoms with van der Waals surface area (Å²) in [6.45, 7) is 9.36. The van der Waals surface area contributed by atoms with Crippen molar-refractivity contribution in [1.82, 2.24) is 0 Å². The summed E-state index contributed by atoms with van der Waals surface area (Å²) < 4.78 is 13.5. The van der Waals surface area contributed by atoms with Gasteiger partial charge < -0.3 is 10.6 Å². The highest BCUT2D eigenvalue weighted by Crippen LogP contribution is 2.33. The van der Waals surface area contributed by atoms with Crippen LogP contribution in [0.1, 0.15) is 32.8 Å². The molecule has 1 unspecified atom stereocenters. The number of fused-ring (bicyclic) bond motifs is 1. The smallest absolute Gasteiger partial charge is 0.128 e. The highest BCUT2D eigenvalue weighted by molar-refractivity contribution is 5.71. The van der Waals surface area contributed by atoms with E-state index in [1.807, 2.05) is 6.07 Å². The number of halogens is 1. The molecular weight excluding hydrogens is 215 g/mol. The van der Waals surface area contributed by atoms with E-state index in [-0.39, 0.29) is 11.2 Å². The van der Waals surface area contributed by atoms with Gasteiger partial charge in [0.15, 0.2) is 0 Å². The third-order valence-corrected chi connectivity index (χ3v) is 3.42. The van der Waals surface area contributed by atoms with Gasteiger partial charge in [-0.25, -0.2) is 4.39 Å². The van der Waals surface area contributed by atoms with Crippen LogP contribution in [-0.4, -0.2) is 12.6 Å². The lowest BCUT2D eigenvalue weighted by Gasteiger charge is -2.31. The first-order valence-electron chi connectivity index (χ1n) is 6.18. The number of anilines is 2. The van der Waals surface area contributed by atoms with Gasteiger partial charge in [-0.15, -0.1) is 0 Å². The second-order valence-electron chi connectivity index (χ2n) is 5.93. The predicted molar refractivity (Wildman–Crippen MR) is 71.1 cm³/mol. The lowest BCUT2D eigenvalue weighted by Crippen LogP contribution is -2.34. The summed E-state index contributed by atoms with van der Waals surface area (Å²) in [6, 6.07) is 3.88. The van der Waals surface area contributed by atoms with E-state index in [1.165, 1.54) is 0 Å². The van der Waals surface area contributed by atoms with Gasteiger partial charge >= 0.3 is 0 Å². The van der Waals surface area contributed by atoms with Crippen LogP contribution in [0.15, 0.2) is 12.1 Å². The molecule has 1 aromatic carbocycles. The molecule has 0 saturated carbocycles. The minimum atomic E-state index is -0.146. The molecule has 0 aromatic heterocycles. The second-order valence-corrected chi connectivity index (χ2v) is 5.93. The lowest BCUT2D eigenvalue weighted by atomic mass is 9.85. The standard InChI is InChI=1S/C14H21FN2/c1-9-7-12-11(8-10(9)15)16-6-5-13(17-12)14(2,3)4/h7-8,13,16-17H,5-6H2,1-4H3. The summed E-state index contributed by atoms with van der Waals surface area (Å²) in [5, 5.41) is 6.83. The monoisotopic (exact) mass is 236 g/mol. The molecule has 1 aliphatic heterocycles. The maximum atomic E-state index is 13.5. The van der Waals surface area contributed by atoms with E-state index >= 15 is 0 Å². The highest BCUT2D eigenvalue weighted by Gasteiger charge is 2.27. The summed E-state index contributed by atoms with van der Waals surface area (Å²) in [6.07, 6.45) is 1.04. The first kappa shape index (κ1) is 12.2. The number of hydrogen-bond acceptors (Lipinski definition) is 2. The van der Waals surface area contributed by atoms with Gasteiger partial charge in [0.05, 0.1) is 11.4 Å². The van der Waals surface area contributed by atoms with Crippen LogP contribution in [0.5, 0.6) is 0 Å². The second kappa shape index (κ2) is 4.21. The Morgan fingerprint density at radius 3 is 2.59 bits per heavy atom. The zero-order chi connectivity index (χ0) is 12.6. The van der Waals surface area contributed by atoms with Gasteiger partial charge in [-0.3, -0.25) is 0 Å². The molecule has 1 aromatic rings. The largest absolute Gasteiger partial charge is 0.383 e. The van der Waals surface area contributed by atoms with Crippen LogP contribution in [0.25, 0.3) is 0 Å². The molecule has 94 valence electrons. The average molecular weight is 236 g/mol. The van der Waals surface area contributed by atoms with Crippen molar-refractivity contribution in [3.8, 4) is 0 Å². The number of aryl methyl sites for hydroxylation is 1. The summed E-state index contributed by atoms with van der Waals surface area (Å²) in [7, 11) is 0. The average Bonchev–Trinajstić information content (AvgIpc) is 2.40. The van der Waals surface area contributed by atoms with Gasteiger partial charge in [0, 0.05) is 12.6 Å². The molecule has 0 amide bonds. The molecule has 17 heavy (non-hydrogen) atoms. The quantitative estimate of drug-likeness (QED) is 0.716. The summed E-state index contributed by atoms with van der Waals surface area (Å²) >= 11 is 0. The third-order valence-electron chi connectivity index (χ3n) is 3.42. The zero-order valence-electron chi connectivity index (χ0n) is 11.0. The molecule has 0 saturated heterocycles. The molecule has 0 aliphatic carbocycles. The van der Waals surface area contributed by atoms with Crippen LogP contribution in [0.2, 0.25) is 0 Å². The van der Waals surface area contributed by atoms with Crippen LogP contribution in [0.4, 0.5) is 15.8 Å². The first-order valence-corrected chi connectivity index (χ1v) is 6.18. The van der Waals surface area contributed by atoms with Crippen molar-refractivity contribution < 1.29 is 4.39 Å². The number of nitrogens with one attached hydrogen (secondary N) is 2. The highest BCUT2D eigenvalue weighted by atomic mass is 19.1. The van der Waals surface area contributed by atoms with E-state index in [1.54, 1.807) is 13.0 Å². The zero-order valence-corrected chi connectivity index (χ0v) is 11.0. The van der Waals surface area contributed by atoms with Gasteiger partial charge in [-0.05, 0) is 36.5 Å². The number of hydrogen-bond donors (Lipinski definition) is 2. The minimum Gasteiger partial charge on any atom is -0.383 e. The Labute approximate surface area is 103 Å². The van der Waals surface area contributed by atoms with Crippen molar-refractivity contribution in [2.75, 3.05) is 17.2 Å². The summed E-state index contributed by atoms with van der Waals surface area (Å²) in [5.74, 6) is -0.146. The van der Waals surface area contributed by atoms with Crippen LogP contribution in [0, 0.1) is 18.2 Å². The summed E-state index contributed by atoms with van der Waals surface area (Å²) in [5.41, 5.74) is 2.78. The molecule has 0 radical (unpaired) electrons. The fourth-order valence-corrected chi connectivity index (χ4v) is 2.21. The summed E-state index contributed by atoms with van der Waals surface area (Å²) in [4.78, 5) is 0. The van der Waals surface area contributed by atoms with Crippen molar-refractivity contribution in [3.63, 3.8) is 0 Å². The van der Waals surface area contributed by atoms with E-state index in [2.05, 4.69) is 31.4 Å². The molecule has 2 rings (SSSR count). The normalized spacial score (nSPS) is 19.9. The van der Waals surface area contributed by atoms with Crippen molar-refractivity contribution in [1.29, 1.82) is 0 Å². The molecule has 3 heteroatoms. The van der Waals surface area contributed by atoms with E-state index in [0.29, 0.717) is 11.6 Å². The van der Waals surface area contributed by atoms with Crippen molar-refractivity contribution in [2.24, 2.45) is 5.41 Å². The van der Waals surface area contributed by atoms with Crippen molar-refractivity contribution >= 4 is 11.4 Å². The molecule has 2 nitrogen and oxygen atoms in total. The maximum Gasteiger partial charge on any atom is 0.128 e. The Bertz CT molecular complexity index is 421. The molecule has 0 fully saturated rings. The van der Waals surface area contributed by atoms with Crippen molar-refractivity contribution in [2.45, 2.75) is 40.2 Å². The Balaban J connectivity index is 2.34. The van der Waals surface area contributed by atoms with Crippen LogP contribution >= 0.6 is 0 Å². The fourth-order valence-electron chi connectivity index (χ4n) is 2.21. The fraction of sp³-hybridized carbons (Fsp3) is 0.571. The molecular formula is C14H21FN2. The molecule has 1 atom stereocenters. The molecule has 1 aliphatic rings. The first-order chi connectivity index (χ1) is 7.88. The van der Waals surface area contributed by atoms with Crippen LogP contribution in [0.3, 0.4) is 0 Å². The van der Waals surface area contributed by atoms with E-state index < -0.39 is 0 Å². The van der Waals surface area contributed by atoms with Crippen molar-refractivity contribution in [3.05, 3.63) is 23.5 Å². The van der Waals surface area contributed by atoms with Gasteiger partial charge in [-0.1, -0.05) is 20.8 Å². The SMILES string of the molecule is Cc1cc2c(cc1F)NCCC(C(C)(C)C)N2. The molecule has 0 spiro atoms. The Morgan fingerprint density at radius 2 is 1.94 bits per heavy atom. The Kier molecular flexibility index (Phi) is 3.02. The number of benzene rings is 1. The topological polar surface area (TPSA) is 24.1 Å². The predicted octanol–water partition coefficient (Wildman–Crippen LogP) is 3.78. The lowest BCUT2D eigenvalue weighted by molar-refractivity contribution is 0.332. The Morgan fingerprint density at radius 1 is 1.24 bits per heavy atom. The Hall–Kier alpha value is -1.25. The van der Waals surface area contributed by atoms with Crippen LogP contribution < -0.4 is 10.6 Å². The van der Waals surface area contributed by atoms with Gasteiger partial charge in [0.2, 0.25) is 0 Å². The number of rotatable bonds is 0. The molecule has 0 bridgehead atoms. The van der Waals surface area contributed by atoms with E-state index in [9.17, 15) is 4.39 Å². The van der Waals surface area contributed by atoms with Gasteiger partial charge in [-0.2, -0.15) is 0 Å².